The molecule has 3 amide bonds. The Morgan fingerprint density at radius 2 is 1.70 bits per heavy atom. The van der Waals surface area contributed by atoms with Gasteiger partial charge in [-0.3, -0.25) is 19.3 Å². The lowest BCUT2D eigenvalue weighted by Crippen LogP contribution is -2.73. The molecular formula is C29H45ClN4O3. The minimum absolute atomic E-state index is 0. The predicted molar refractivity (Wildman–Crippen MR) is 149 cm³/mol. The molecule has 8 heteroatoms. The Morgan fingerprint density at radius 3 is 2.30 bits per heavy atom. The van der Waals surface area contributed by atoms with E-state index in [0.717, 1.165) is 44.5 Å². The van der Waals surface area contributed by atoms with Crippen molar-refractivity contribution in [3.63, 3.8) is 0 Å². The maximum atomic E-state index is 13.7. The molecule has 1 aliphatic carbocycles. The Kier molecular flexibility index (Phi) is 10.4. The van der Waals surface area contributed by atoms with Crippen LogP contribution in [-0.4, -0.2) is 77.7 Å². The first-order valence-corrected chi connectivity index (χ1v) is 14.0. The molecule has 2 heterocycles. The van der Waals surface area contributed by atoms with E-state index in [-0.39, 0.29) is 36.2 Å². The SMILES string of the molecule is CCCCN1C(=O)[C@H](CC2CCCCC2)NC(=O)C12CCN(Cc1ccc(C(=O)N(C)C)cc1)CC2.Cl. The summed E-state index contributed by atoms with van der Waals surface area (Å²) < 4.78 is 0. The van der Waals surface area contributed by atoms with Crippen molar-refractivity contribution in [2.24, 2.45) is 5.92 Å². The number of amides is 3. The minimum Gasteiger partial charge on any atom is -0.345 e. The van der Waals surface area contributed by atoms with E-state index >= 15 is 0 Å². The van der Waals surface area contributed by atoms with Gasteiger partial charge in [0.05, 0.1) is 0 Å². The summed E-state index contributed by atoms with van der Waals surface area (Å²) in [5.41, 5.74) is 1.13. The van der Waals surface area contributed by atoms with Gasteiger partial charge in [-0.2, -0.15) is 0 Å². The molecule has 1 aromatic carbocycles. The van der Waals surface area contributed by atoms with Crippen LogP contribution in [0.15, 0.2) is 24.3 Å². The van der Waals surface area contributed by atoms with Crippen molar-refractivity contribution in [3.8, 4) is 0 Å². The maximum Gasteiger partial charge on any atom is 0.253 e. The van der Waals surface area contributed by atoms with E-state index in [4.69, 9.17) is 0 Å². The summed E-state index contributed by atoms with van der Waals surface area (Å²) in [5.74, 6) is 0.758. The molecule has 37 heavy (non-hydrogen) atoms. The van der Waals surface area contributed by atoms with Gasteiger partial charge < -0.3 is 15.1 Å². The van der Waals surface area contributed by atoms with Crippen LogP contribution in [0.5, 0.6) is 0 Å². The van der Waals surface area contributed by atoms with Gasteiger partial charge in [0.1, 0.15) is 11.6 Å². The van der Waals surface area contributed by atoms with Gasteiger partial charge in [-0.05, 0) is 49.3 Å². The zero-order chi connectivity index (χ0) is 25.7. The number of benzene rings is 1. The van der Waals surface area contributed by atoms with E-state index in [1.54, 1.807) is 19.0 Å². The Bertz CT molecular complexity index is 922. The van der Waals surface area contributed by atoms with Gasteiger partial charge in [0.2, 0.25) is 11.8 Å². The number of hydrogen-bond donors (Lipinski definition) is 1. The molecule has 1 saturated carbocycles. The second-order valence-corrected chi connectivity index (χ2v) is 11.3. The van der Waals surface area contributed by atoms with E-state index in [2.05, 4.69) is 17.1 Å². The van der Waals surface area contributed by atoms with E-state index in [0.29, 0.717) is 30.9 Å². The Labute approximate surface area is 228 Å². The summed E-state index contributed by atoms with van der Waals surface area (Å²) in [6.07, 6.45) is 10.2. The number of likely N-dealkylation sites (tertiary alicyclic amines) is 1. The molecule has 0 unspecified atom stereocenters. The van der Waals surface area contributed by atoms with Gasteiger partial charge in [-0.25, -0.2) is 0 Å². The zero-order valence-electron chi connectivity index (χ0n) is 22.8. The molecule has 2 aliphatic heterocycles. The fourth-order valence-electron chi connectivity index (χ4n) is 6.28. The second-order valence-electron chi connectivity index (χ2n) is 11.3. The van der Waals surface area contributed by atoms with E-state index in [9.17, 15) is 14.4 Å². The molecule has 4 rings (SSSR count). The molecule has 1 aromatic rings. The third-order valence-electron chi connectivity index (χ3n) is 8.53. The highest BCUT2D eigenvalue weighted by Gasteiger charge is 2.53. The topological polar surface area (TPSA) is 73.0 Å². The van der Waals surface area contributed by atoms with Crippen molar-refractivity contribution in [2.75, 3.05) is 33.7 Å². The first kappa shape index (κ1) is 29.4. The number of carbonyl (C=O) groups excluding carboxylic acids is 3. The summed E-state index contributed by atoms with van der Waals surface area (Å²) in [6.45, 7) is 5.14. The summed E-state index contributed by atoms with van der Waals surface area (Å²) in [6, 6.07) is 7.44. The largest absolute Gasteiger partial charge is 0.345 e. The van der Waals surface area contributed by atoms with Crippen molar-refractivity contribution in [1.29, 1.82) is 0 Å². The molecule has 206 valence electrons. The number of halogens is 1. The van der Waals surface area contributed by atoms with Crippen LogP contribution in [0.4, 0.5) is 0 Å². The number of rotatable bonds is 8. The lowest BCUT2D eigenvalue weighted by atomic mass is 9.79. The summed E-state index contributed by atoms with van der Waals surface area (Å²) >= 11 is 0. The van der Waals surface area contributed by atoms with E-state index < -0.39 is 5.54 Å². The summed E-state index contributed by atoms with van der Waals surface area (Å²) in [4.78, 5) is 45.4. The highest BCUT2D eigenvalue weighted by molar-refractivity contribution is 6.00. The molecule has 7 nitrogen and oxygen atoms in total. The molecule has 0 aromatic heterocycles. The average molecular weight is 533 g/mol. The Hall–Kier alpha value is -2.12. The number of piperazine rings is 1. The highest BCUT2D eigenvalue weighted by atomic mass is 35.5. The van der Waals surface area contributed by atoms with Crippen molar-refractivity contribution >= 4 is 30.1 Å². The molecule has 3 fully saturated rings. The summed E-state index contributed by atoms with van der Waals surface area (Å²) in [5, 5.41) is 3.19. The van der Waals surface area contributed by atoms with Crippen LogP contribution >= 0.6 is 12.4 Å². The smallest absolute Gasteiger partial charge is 0.253 e. The molecule has 0 radical (unpaired) electrons. The van der Waals surface area contributed by atoms with Gasteiger partial charge in [0.15, 0.2) is 0 Å². The normalized spacial score (nSPS) is 22.5. The fourth-order valence-corrected chi connectivity index (χ4v) is 6.28. The van der Waals surface area contributed by atoms with Crippen LogP contribution in [0.3, 0.4) is 0 Å². The fraction of sp³-hybridized carbons (Fsp3) is 0.690. The first-order valence-electron chi connectivity index (χ1n) is 14.0. The zero-order valence-corrected chi connectivity index (χ0v) is 23.7. The van der Waals surface area contributed by atoms with Crippen molar-refractivity contribution in [1.82, 2.24) is 20.0 Å². The average Bonchev–Trinajstić information content (AvgIpc) is 2.89. The number of nitrogens with zero attached hydrogens (tertiary/aromatic N) is 3. The van der Waals surface area contributed by atoms with Crippen molar-refractivity contribution in [3.05, 3.63) is 35.4 Å². The van der Waals surface area contributed by atoms with Crippen LogP contribution in [0.25, 0.3) is 0 Å². The molecule has 2 saturated heterocycles. The van der Waals surface area contributed by atoms with Gasteiger partial charge >= 0.3 is 0 Å². The predicted octanol–water partition coefficient (Wildman–Crippen LogP) is 4.24. The third-order valence-corrected chi connectivity index (χ3v) is 8.53. The van der Waals surface area contributed by atoms with Crippen LogP contribution in [-0.2, 0) is 16.1 Å². The van der Waals surface area contributed by atoms with Gasteiger partial charge in [0, 0.05) is 45.8 Å². The van der Waals surface area contributed by atoms with Crippen molar-refractivity contribution in [2.45, 2.75) is 89.3 Å². The number of nitrogens with one attached hydrogen (secondary N) is 1. The number of piperidine rings is 1. The summed E-state index contributed by atoms with van der Waals surface area (Å²) in [7, 11) is 3.52. The molecule has 1 N–H and O–H groups in total. The highest BCUT2D eigenvalue weighted by Crippen LogP contribution is 2.36. The molecular weight excluding hydrogens is 488 g/mol. The lowest BCUT2D eigenvalue weighted by molar-refractivity contribution is -0.162. The standard InChI is InChI=1S/C29H44N4O3.ClH/c1-4-5-17-33-27(35)25(20-22-9-7-6-8-10-22)30-28(36)29(33)15-18-32(19-16-29)21-23-11-13-24(14-12-23)26(34)31(2)3;/h11-14,22,25H,4-10,15-21H2,1-3H3,(H,30,36);1H/t25-;/m0./s1. The Morgan fingerprint density at radius 1 is 1.05 bits per heavy atom. The monoisotopic (exact) mass is 532 g/mol. The van der Waals surface area contributed by atoms with Crippen LogP contribution in [0.2, 0.25) is 0 Å². The van der Waals surface area contributed by atoms with Crippen LogP contribution in [0, 0.1) is 5.92 Å². The van der Waals surface area contributed by atoms with Gasteiger partial charge in [-0.15, -0.1) is 12.4 Å². The molecule has 3 aliphatic rings. The maximum absolute atomic E-state index is 13.7. The van der Waals surface area contributed by atoms with E-state index in [1.807, 2.05) is 29.2 Å². The number of hydrogen-bond acceptors (Lipinski definition) is 4. The molecule has 0 bridgehead atoms. The van der Waals surface area contributed by atoms with E-state index in [1.165, 1.54) is 32.1 Å². The van der Waals surface area contributed by atoms with Crippen molar-refractivity contribution < 1.29 is 14.4 Å². The Balaban J connectivity index is 0.00000380. The number of carbonyl (C=O) groups is 3. The van der Waals surface area contributed by atoms with Gasteiger partial charge in [0.25, 0.3) is 5.91 Å². The lowest BCUT2D eigenvalue weighted by Gasteiger charge is -2.52. The van der Waals surface area contributed by atoms with Crippen LogP contribution in [0.1, 0.15) is 87.1 Å². The minimum atomic E-state index is -0.714. The number of unbranched alkanes of at least 4 members (excludes halogenated alkanes) is 1. The quantitative estimate of drug-likeness (QED) is 0.543. The second kappa shape index (κ2) is 13.1. The van der Waals surface area contributed by atoms with Crippen LogP contribution < -0.4 is 5.32 Å². The first-order chi connectivity index (χ1) is 17.3. The van der Waals surface area contributed by atoms with Gasteiger partial charge in [-0.1, -0.05) is 57.6 Å². The molecule has 1 spiro atoms. The third kappa shape index (κ3) is 6.66. The molecule has 1 atom stereocenters.